The molecule has 24 heavy (non-hydrogen) atoms. The van der Waals surface area contributed by atoms with Crippen LogP contribution in [0.1, 0.15) is 32.6 Å². The highest BCUT2D eigenvalue weighted by Crippen LogP contribution is 2.44. The zero-order valence-corrected chi connectivity index (χ0v) is 14.9. The van der Waals surface area contributed by atoms with Crippen LogP contribution in [0.4, 0.5) is 0 Å². The lowest BCUT2D eigenvalue weighted by Gasteiger charge is -2.33. The van der Waals surface area contributed by atoms with Crippen LogP contribution in [-0.4, -0.2) is 66.5 Å². The molecule has 2 heterocycles. The van der Waals surface area contributed by atoms with Crippen molar-refractivity contribution in [3.63, 3.8) is 0 Å². The molecule has 1 N–H and O–H groups in total. The molecule has 3 atom stereocenters. The van der Waals surface area contributed by atoms with E-state index in [0.29, 0.717) is 31.8 Å². The number of hydrogen-bond acceptors (Lipinski definition) is 4. The summed E-state index contributed by atoms with van der Waals surface area (Å²) < 4.78 is 25.5. The molecular weight excluding hydrogens is 332 g/mol. The lowest BCUT2D eigenvalue weighted by atomic mass is 9.92. The number of rotatable bonds is 5. The standard InChI is InChI=1S/C16H26N2O5S/c1-2-24(22,23)18-7-3-4-12(8-18)15(19)17-9-13(11-5-6-11)14(10-17)16(20)21/h11-14H,2-10H2,1H3,(H,20,21)/t12?,13-,14+/m1/s1. The first-order valence-corrected chi connectivity index (χ1v) is 10.4. The summed E-state index contributed by atoms with van der Waals surface area (Å²) in [6.07, 6.45) is 3.47. The Kier molecular flexibility index (Phi) is 4.88. The van der Waals surface area contributed by atoms with Gasteiger partial charge in [0.05, 0.1) is 17.6 Å². The minimum Gasteiger partial charge on any atom is -0.481 e. The molecule has 3 rings (SSSR count). The van der Waals surface area contributed by atoms with Gasteiger partial charge in [-0.15, -0.1) is 0 Å². The second kappa shape index (κ2) is 6.63. The van der Waals surface area contributed by atoms with E-state index >= 15 is 0 Å². The molecule has 2 aliphatic heterocycles. The van der Waals surface area contributed by atoms with Gasteiger partial charge < -0.3 is 10.0 Å². The first kappa shape index (κ1) is 17.7. The van der Waals surface area contributed by atoms with Crippen molar-refractivity contribution >= 4 is 21.9 Å². The number of hydrogen-bond donors (Lipinski definition) is 1. The van der Waals surface area contributed by atoms with Crippen LogP contribution in [0.2, 0.25) is 0 Å². The lowest BCUT2D eigenvalue weighted by Crippen LogP contribution is -2.46. The van der Waals surface area contributed by atoms with Crippen LogP contribution >= 0.6 is 0 Å². The molecule has 0 spiro atoms. The Morgan fingerprint density at radius 1 is 1.12 bits per heavy atom. The van der Waals surface area contributed by atoms with Gasteiger partial charge in [-0.1, -0.05) is 0 Å². The zero-order valence-electron chi connectivity index (χ0n) is 14.1. The maximum Gasteiger partial charge on any atom is 0.308 e. The van der Waals surface area contributed by atoms with Crippen LogP contribution in [0.5, 0.6) is 0 Å². The molecule has 7 nitrogen and oxygen atoms in total. The number of carbonyl (C=O) groups is 2. The minimum absolute atomic E-state index is 0.0441. The highest BCUT2D eigenvalue weighted by Gasteiger charge is 2.48. The summed E-state index contributed by atoms with van der Waals surface area (Å²) in [4.78, 5) is 26.0. The number of amides is 1. The van der Waals surface area contributed by atoms with Crippen molar-refractivity contribution in [3.05, 3.63) is 0 Å². The molecule has 0 aromatic rings. The fraction of sp³-hybridized carbons (Fsp3) is 0.875. The molecule has 2 saturated heterocycles. The summed E-state index contributed by atoms with van der Waals surface area (Å²) in [5, 5.41) is 9.43. The highest BCUT2D eigenvalue weighted by atomic mass is 32.2. The second-order valence-corrected chi connectivity index (χ2v) is 9.54. The molecule has 3 aliphatic rings. The van der Waals surface area contributed by atoms with E-state index < -0.39 is 21.9 Å². The maximum absolute atomic E-state index is 12.8. The van der Waals surface area contributed by atoms with Crippen LogP contribution in [0.3, 0.4) is 0 Å². The van der Waals surface area contributed by atoms with Crippen LogP contribution in [0, 0.1) is 23.7 Å². The Hall–Kier alpha value is -1.15. The molecule has 1 saturated carbocycles. The van der Waals surface area contributed by atoms with Gasteiger partial charge in [-0.3, -0.25) is 9.59 Å². The largest absolute Gasteiger partial charge is 0.481 e. The molecule has 1 aliphatic carbocycles. The second-order valence-electron chi connectivity index (χ2n) is 7.29. The van der Waals surface area contributed by atoms with Crippen LogP contribution in [0.25, 0.3) is 0 Å². The molecule has 1 amide bonds. The van der Waals surface area contributed by atoms with Crippen LogP contribution < -0.4 is 0 Å². The average molecular weight is 358 g/mol. The summed E-state index contributed by atoms with van der Waals surface area (Å²) in [7, 11) is -3.28. The topological polar surface area (TPSA) is 95.0 Å². The highest BCUT2D eigenvalue weighted by molar-refractivity contribution is 7.89. The Balaban J connectivity index is 1.67. The summed E-state index contributed by atoms with van der Waals surface area (Å²) >= 11 is 0. The molecule has 0 aromatic heterocycles. The van der Waals surface area contributed by atoms with Gasteiger partial charge in [0.1, 0.15) is 0 Å². The van der Waals surface area contributed by atoms with E-state index in [9.17, 15) is 23.1 Å². The monoisotopic (exact) mass is 358 g/mol. The average Bonchev–Trinajstić information content (AvgIpc) is 3.32. The van der Waals surface area contributed by atoms with Crippen LogP contribution in [0.15, 0.2) is 0 Å². The number of piperidine rings is 1. The van der Waals surface area contributed by atoms with Gasteiger partial charge in [0, 0.05) is 26.2 Å². The maximum atomic E-state index is 12.8. The minimum atomic E-state index is -3.28. The van der Waals surface area contributed by atoms with E-state index in [2.05, 4.69) is 0 Å². The summed E-state index contributed by atoms with van der Waals surface area (Å²) in [6, 6.07) is 0. The van der Waals surface area contributed by atoms with Gasteiger partial charge >= 0.3 is 5.97 Å². The number of likely N-dealkylation sites (tertiary alicyclic amines) is 1. The Morgan fingerprint density at radius 3 is 2.42 bits per heavy atom. The summed E-state index contributed by atoms with van der Waals surface area (Å²) in [6.45, 7) is 3.10. The number of carboxylic acid groups (broad SMARTS) is 1. The number of sulfonamides is 1. The number of carboxylic acids is 1. The molecule has 8 heteroatoms. The molecule has 1 unspecified atom stereocenters. The van der Waals surface area contributed by atoms with Gasteiger partial charge in [0.2, 0.25) is 15.9 Å². The van der Waals surface area contributed by atoms with Gasteiger partial charge in [-0.25, -0.2) is 12.7 Å². The first-order valence-electron chi connectivity index (χ1n) is 8.83. The molecule has 0 radical (unpaired) electrons. The van der Waals surface area contributed by atoms with Crippen molar-refractivity contribution in [2.75, 3.05) is 31.9 Å². The Bertz CT molecular complexity index is 616. The molecule has 3 fully saturated rings. The molecule has 0 bridgehead atoms. The fourth-order valence-electron chi connectivity index (χ4n) is 4.11. The predicted octanol–water partition coefficient (Wildman–Crippen LogP) is 0.617. The Labute approximate surface area is 143 Å². The van der Waals surface area contributed by atoms with E-state index in [1.807, 2.05) is 0 Å². The number of aliphatic carboxylic acids is 1. The van der Waals surface area contributed by atoms with Crippen molar-refractivity contribution in [3.8, 4) is 0 Å². The van der Waals surface area contributed by atoms with Gasteiger partial charge in [-0.2, -0.15) is 0 Å². The van der Waals surface area contributed by atoms with E-state index in [1.165, 1.54) is 4.31 Å². The number of carbonyl (C=O) groups excluding carboxylic acids is 1. The van der Waals surface area contributed by atoms with E-state index in [0.717, 1.165) is 12.8 Å². The molecule has 136 valence electrons. The normalized spacial score (nSPS) is 32.0. The van der Waals surface area contributed by atoms with E-state index in [-0.39, 0.29) is 36.6 Å². The third kappa shape index (κ3) is 3.44. The summed E-state index contributed by atoms with van der Waals surface area (Å²) in [5.74, 6) is -1.16. The van der Waals surface area contributed by atoms with Crippen LogP contribution in [-0.2, 0) is 19.6 Å². The number of nitrogens with zero attached hydrogens (tertiary/aromatic N) is 2. The zero-order chi connectivity index (χ0) is 17.5. The molecular formula is C16H26N2O5S. The van der Waals surface area contributed by atoms with Crippen molar-refractivity contribution < 1.29 is 23.1 Å². The SMILES string of the molecule is CCS(=O)(=O)N1CCCC(C(=O)N2C[C@H](C(=O)O)[C@@H](C3CC3)C2)C1. The smallest absolute Gasteiger partial charge is 0.308 e. The van der Waals surface area contributed by atoms with Gasteiger partial charge in [-0.05, 0) is 44.4 Å². The van der Waals surface area contributed by atoms with Crippen molar-refractivity contribution in [2.24, 2.45) is 23.7 Å². The first-order chi connectivity index (χ1) is 11.3. The van der Waals surface area contributed by atoms with E-state index in [4.69, 9.17) is 0 Å². The Morgan fingerprint density at radius 2 is 1.83 bits per heavy atom. The quantitative estimate of drug-likeness (QED) is 0.777. The predicted molar refractivity (Wildman–Crippen MR) is 87.7 cm³/mol. The summed E-state index contributed by atoms with van der Waals surface area (Å²) in [5.41, 5.74) is 0. The van der Waals surface area contributed by atoms with E-state index in [1.54, 1.807) is 11.8 Å². The van der Waals surface area contributed by atoms with Gasteiger partial charge in [0.25, 0.3) is 0 Å². The van der Waals surface area contributed by atoms with Crippen molar-refractivity contribution in [1.82, 2.24) is 9.21 Å². The third-order valence-corrected chi connectivity index (χ3v) is 7.56. The lowest BCUT2D eigenvalue weighted by molar-refractivity contribution is -0.143. The molecule has 0 aromatic carbocycles. The fourth-order valence-corrected chi connectivity index (χ4v) is 5.29. The van der Waals surface area contributed by atoms with Crippen molar-refractivity contribution in [1.29, 1.82) is 0 Å². The third-order valence-electron chi connectivity index (χ3n) is 5.71. The van der Waals surface area contributed by atoms with Crippen molar-refractivity contribution in [2.45, 2.75) is 32.6 Å². The van der Waals surface area contributed by atoms with Gasteiger partial charge in [0.15, 0.2) is 0 Å².